The number of nitrogens with zero attached hydrogens (tertiary/aromatic N) is 2. The van der Waals surface area contributed by atoms with E-state index in [1.54, 1.807) is 18.2 Å². The number of hydrogen-bond acceptors (Lipinski definition) is 8. The van der Waals surface area contributed by atoms with E-state index in [1.165, 1.54) is 49.4 Å². The van der Waals surface area contributed by atoms with Crippen LogP contribution in [0.3, 0.4) is 0 Å². The number of hydrogen-bond donors (Lipinski definition) is 5. The van der Waals surface area contributed by atoms with Crippen LogP contribution in [0.25, 0.3) is 11.0 Å². The highest BCUT2D eigenvalue weighted by Crippen LogP contribution is 2.26. The van der Waals surface area contributed by atoms with Crippen LogP contribution in [0.1, 0.15) is 27.6 Å². The summed E-state index contributed by atoms with van der Waals surface area (Å²) in [5.74, 6) is -2.23. The van der Waals surface area contributed by atoms with Crippen molar-refractivity contribution in [2.75, 3.05) is 5.32 Å². The predicted octanol–water partition coefficient (Wildman–Crippen LogP) is 2.53. The molecule has 0 bridgehead atoms. The summed E-state index contributed by atoms with van der Waals surface area (Å²) in [5.41, 5.74) is 12.1. The summed E-state index contributed by atoms with van der Waals surface area (Å²) in [6, 6.07) is 13.4. The largest absolute Gasteiger partial charge is 0.457 e. The van der Waals surface area contributed by atoms with Gasteiger partial charge in [0.15, 0.2) is 5.78 Å². The fourth-order valence-electron chi connectivity index (χ4n) is 3.42. The van der Waals surface area contributed by atoms with Crippen LogP contribution in [-0.4, -0.2) is 39.5 Å². The molecule has 1 unspecified atom stereocenters. The van der Waals surface area contributed by atoms with Crippen molar-refractivity contribution in [1.29, 1.82) is 0 Å². The molecular weight excluding hydrogens is 494 g/mol. The molecule has 0 saturated carbocycles. The lowest BCUT2D eigenvalue weighted by Gasteiger charge is -2.10. The van der Waals surface area contributed by atoms with E-state index in [9.17, 15) is 24.0 Å². The Morgan fingerprint density at radius 2 is 1.47 bits per heavy atom. The third-order valence-electron chi connectivity index (χ3n) is 5.25. The van der Waals surface area contributed by atoms with Crippen molar-refractivity contribution in [3.8, 4) is 11.5 Å². The molecule has 0 spiro atoms. The number of aromatic amines is 2. The van der Waals surface area contributed by atoms with Gasteiger partial charge in [-0.25, -0.2) is 4.79 Å². The molecule has 7 N–H and O–H groups in total. The number of anilines is 1. The highest BCUT2D eigenvalue weighted by molar-refractivity contribution is 6.10. The van der Waals surface area contributed by atoms with Crippen LogP contribution < -0.4 is 27.2 Å². The molecule has 13 heteroatoms. The first-order chi connectivity index (χ1) is 18.1. The second-order valence-electron chi connectivity index (χ2n) is 8.13. The number of carbonyl (C=O) groups is 4. The molecule has 0 fully saturated rings. The lowest BCUT2D eigenvalue weighted by atomic mass is 10.1. The van der Waals surface area contributed by atoms with Crippen LogP contribution in [-0.2, 0) is 9.59 Å². The normalized spacial score (nSPS) is 11.8. The summed E-state index contributed by atoms with van der Waals surface area (Å²) in [5, 5.41) is 10.5. The van der Waals surface area contributed by atoms with Crippen LogP contribution >= 0.6 is 0 Å². The van der Waals surface area contributed by atoms with Crippen molar-refractivity contribution in [2.24, 2.45) is 21.7 Å². The first kappa shape index (κ1) is 25.5. The Labute approximate surface area is 213 Å². The van der Waals surface area contributed by atoms with E-state index in [0.29, 0.717) is 28.2 Å². The van der Waals surface area contributed by atoms with Crippen molar-refractivity contribution in [3.63, 3.8) is 0 Å². The van der Waals surface area contributed by atoms with Gasteiger partial charge in [-0.1, -0.05) is 0 Å². The number of ketones is 1. The molecule has 4 aromatic rings. The summed E-state index contributed by atoms with van der Waals surface area (Å²) >= 11 is 0. The molecule has 1 heterocycles. The highest BCUT2D eigenvalue weighted by Gasteiger charge is 2.23. The van der Waals surface area contributed by atoms with E-state index in [0.717, 1.165) is 0 Å². The molecular formula is C25H21N7O6. The number of ether oxygens (including phenoxy) is 1. The number of fused-ring (bicyclic) bond motifs is 1. The molecule has 13 nitrogen and oxygen atoms in total. The minimum absolute atomic E-state index is 0.0524. The zero-order valence-electron chi connectivity index (χ0n) is 19.8. The Bertz CT molecular complexity index is 1620. The van der Waals surface area contributed by atoms with Gasteiger partial charge in [0, 0.05) is 16.8 Å². The molecule has 0 aliphatic carbocycles. The quantitative estimate of drug-likeness (QED) is 0.167. The van der Waals surface area contributed by atoms with Crippen LogP contribution in [0.4, 0.5) is 11.4 Å². The van der Waals surface area contributed by atoms with Gasteiger partial charge < -0.3 is 31.5 Å². The molecule has 4 rings (SSSR count). The molecule has 0 radical (unpaired) electrons. The Morgan fingerprint density at radius 1 is 0.842 bits per heavy atom. The Balaban J connectivity index is 1.46. The van der Waals surface area contributed by atoms with Gasteiger partial charge in [0.25, 0.3) is 5.91 Å². The Kier molecular flexibility index (Phi) is 7.10. The number of benzene rings is 3. The predicted molar refractivity (Wildman–Crippen MR) is 137 cm³/mol. The van der Waals surface area contributed by atoms with Crippen LogP contribution in [0.5, 0.6) is 11.5 Å². The number of primary amides is 2. The van der Waals surface area contributed by atoms with Gasteiger partial charge in [0.2, 0.25) is 17.9 Å². The third kappa shape index (κ3) is 5.96. The average molecular weight is 515 g/mol. The molecule has 3 amide bonds. The smallest absolute Gasteiger partial charge is 0.323 e. The van der Waals surface area contributed by atoms with Crippen molar-refractivity contribution < 1.29 is 23.9 Å². The van der Waals surface area contributed by atoms with Crippen LogP contribution in [0, 0.1) is 0 Å². The van der Waals surface area contributed by atoms with Gasteiger partial charge in [-0.3, -0.25) is 19.2 Å². The number of azo groups is 1. The number of aromatic nitrogens is 2. The first-order valence-corrected chi connectivity index (χ1v) is 11.1. The maximum atomic E-state index is 12.7. The van der Waals surface area contributed by atoms with Gasteiger partial charge in [-0.15, -0.1) is 0 Å². The van der Waals surface area contributed by atoms with Crippen LogP contribution in [0.2, 0.25) is 0 Å². The highest BCUT2D eigenvalue weighted by atomic mass is 16.5. The molecule has 1 aromatic heterocycles. The minimum atomic E-state index is -1.41. The lowest BCUT2D eigenvalue weighted by molar-refractivity contribution is -0.126. The van der Waals surface area contributed by atoms with Crippen molar-refractivity contribution in [2.45, 2.75) is 13.0 Å². The molecule has 0 aliphatic rings. The minimum Gasteiger partial charge on any atom is -0.457 e. The third-order valence-corrected chi connectivity index (χ3v) is 5.25. The van der Waals surface area contributed by atoms with E-state index in [1.807, 2.05) is 0 Å². The molecule has 3 aromatic carbocycles. The average Bonchev–Trinajstić information content (AvgIpc) is 3.24. The lowest BCUT2D eigenvalue weighted by Crippen LogP contribution is -2.31. The second-order valence-corrected chi connectivity index (χ2v) is 8.13. The monoisotopic (exact) mass is 515 g/mol. The number of Topliss-reactive ketones (excluding diaryl/α,β-unsaturated/α-hetero) is 1. The van der Waals surface area contributed by atoms with E-state index in [4.69, 9.17) is 16.2 Å². The van der Waals surface area contributed by atoms with Gasteiger partial charge in [0.05, 0.1) is 16.7 Å². The zero-order valence-corrected chi connectivity index (χ0v) is 19.8. The second kappa shape index (κ2) is 10.6. The van der Waals surface area contributed by atoms with Crippen molar-refractivity contribution >= 4 is 45.9 Å². The molecule has 38 heavy (non-hydrogen) atoms. The standard InChI is InChI=1S/C25H21N7O6/c1-12(33)21(24(36)28-16-4-7-19-20(11-16)30-25(37)29-19)32-31-15-2-5-17(6-3-15)38-18-9-13(22(26)34)8-14(10-18)23(27)35/h2-11,21H,1H3,(H2,26,34)(H2,27,35)(H,28,36)(H2,29,30,37). The van der Waals surface area contributed by atoms with Crippen molar-refractivity contribution in [3.05, 3.63) is 82.3 Å². The number of amides is 3. The van der Waals surface area contributed by atoms with E-state index < -0.39 is 29.5 Å². The number of imidazole rings is 1. The summed E-state index contributed by atoms with van der Waals surface area (Å²) in [6.07, 6.45) is 0. The summed E-state index contributed by atoms with van der Waals surface area (Å²) in [6.45, 7) is 1.22. The number of rotatable bonds is 9. The van der Waals surface area contributed by atoms with Gasteiger partial charge in [-0.2, -0.15) is 10.2 Å². The zero-order chi connectivity index (χ0) is 27.4. The topological polar surface area (TPSA) is 215 Å². The number of H-pyrrole nitrogens is 2. The summed E-state index contributed by atoms with van der Waals surface area (Å²) < 4.78 is 5.69. The fourth-order valence-corrected chi connectivity index (χ4v) is 3.42. The number of nitrogens with two attached hydrogens (primary N) is 2. The Hall–Kier alpha value is -5.59. The fraction of sp³-hybridized carbons (Fsp3) is 0.0800. The maximum Gasteiger partial charge on any atom is 0.323 e. The summed E-state index contributed by atoms with van der Waals surface area (Å²) in [7, 11) is 0. The van der Waals surface area contributed by atoms with Crippen molar-refractivity contribution in [1.82, 2.24) is 9.97 Å². The van der Waals surface area contributed by atoms with E-state index in [2.05, 4.69) is 25.5 Å². The van der Waals surface area contributed by atoms with Gasteiger partial charge >= 0.3 is 5.69 Å². The SMILES string of the molecule is CC(=O)C(N=Nc1ccc(Oc2cc(C(N)=O)cc(C(N)=O)c2)cc1)C(=O)Nc1ccc2[nH]c(=O)[nH]c2c1. The number of carbonyl (C=O) groups excluding carboxylic acids is 4. The van der Waals surface area contributed by atoms with E-state index >= 15 is 0 Å². The van der Waals surface area contributed by atoms with E-state index in [-0.39, 0.29) is 22.6 Å². The molecule has 0 aliphatic heterocycles. The van der Waals surface area contributed by atoms with Gasteiger partial charge in [-0.05, 0) is 67.6 Å². The Morgan fingerprint density at radius 3 is 2.08 bits per heavy atom. The maximum absolute atomic E-state index is 12.7. The number of nitrogens with one attached hydrogen (secondary N) is 3. The van der Waals surface area contributed by atoms with Crippen LogP contribution in [0.15, 0.2) is 75.7 Å². The molecule has 192 valence electrons. The summed E-state index contributed by atoms with van der Waals surface area (Å²) in [4.78, 5) is 64.4. The molecule has 1 atom stereocenters. The first-order valence-electron chi connectivity index (χ1n) is 11.1. The van der Waals surface area contributed by atoms with Gasteiger partial charge in [0.1, 0.15) is 11.5 Å². The molecule has 0 saturated heterocycles.